The van der Waals surface area contributed by atoms with E-state index < -0.39 is 12.3 Å². The second-order valence-corrected chi connectivity index (χ2v) is 8.87. The maximum absolute atomic E-state index is 13.2. The van der Waals surface area contributed by atoms with Crippen molar-refractivity contribution in [2.24, 2.45) is 12.8 Å². The van der Waals surface area contributed by atoms with Crippen molar-refractivity contribution in [2.45, 2.75) is 19.2 Å². The minimum absolute atomic E-state index is 0.0732. The van der Waals surface area contributed by atoms with Crippen LogP contribution >= 0.6 is 0 Å². The summed E-state index contributed by atoms with van der Waals surface area (Å²) in [5.74, 6) is -0.919. The monoisotopic (exact) mass is 502 g/mol. The first kappa shape index (κ1) is 23.9. The van der Waals surface area contributed by atoms with E-state index in [1.807, 2.05) is 11.9 Å². The van der Waals surface area contributed by atoms with Gasteiger partial charge in [0.25, 0.3) is 5.91 Å². The first-order valence-electron chi connectivity index (χ1n) is 11.4. The molecule has 1 amide bonds. The smallest absolute Gasteiger partial charge is 0.403 e. The maximum Gasteiger partial charge on any atom is 0.573 e. The van der Waals surface area contributed by atoms with Gasteiger partial charge in [0.15, 0.2) is 11.4 Å². The van der Waals surface area contributed by atoms with Gasteiger partial charge in [-0.25, -0.2) is 9.97 Å². The number of nitrogens with two attached hydrogens (primary N) is 1. The van der Waals surface area contributed by atoms with E-state index in [1.54, 1.807) is 19.3 Å². The summed E-state index contributed by atoms with van der Waals surface area (Å²) in [7, 11) is 3.69. The summed E-state index contributed by atoms with van der Waals surface area (Å²) in [5.41, 5.74) is 9.08. The Balaban J connectivity index is 1.48. The van der Waals surface area contributed by atoms with Gasteiger partial charge in [-0.05, 0) is 37.6 Å². The number of rotatable bonds is 5. The third kappa shape index (κ3) is 4.65. The van der Waals surface area contributed by atoms with E-state index in [0.29, 0.717) is 48.6 Å². The molecule has 0 spiro atoms. The van der Waals surface area contributed by atoms with Gasteiger partial charge in [0.05, 0.1) is 17.1 Å². The van der Waals surface area contributed by atoms with Crippen LogP contribution in [0.15, 0.2) is 24.4 Å². The van der Waals surface area contributed by atoms with Gasteiger partial charge < -0.3 is 25.6 Å². The third-order valence-corrected chi connectivity index (χ3v) is 6.42. The molecule has 13 heteroatoms. The molecule has 0 bridgehead atoms. The van der Waals surface area contributed by atoms with E-state index in [2.05, 4.69) is 30.0 Å². The molecule has 5 rings (SSSR count). The van der Waals surface area contributed by atoms with Gasteiger partial charge in [0.1, 0.15) is 0 Å². The molecule has 1 saturated heterocycles. The van der Waals surface area contributed by atoms with E-state index in [-0.39, 0.29) is 23.1 Å². The number of alkyl halides is 3. The molecule has 1 aliphatic heterocycles. The Bertz CT molecular complexity index is 1320. The SMILES string of the molecule is CN1CCN(c2ccc(Nc3ncc4c(n3)-c3c(c(C(N)=O)nn3C)CC4)c(OC(F)(F)F)c2)CC1. The minimum atomic E-state index is -4.87. The molecule has 1 aliphatic carbocycles. The molecule has 3 heterocycles. The number of anilines is 3. The lowest BCUT2D eigenvalue weighted by Gasteiger charge is -2.34. The Kier molecular flexibility index (Phi) is 5.94. The van der Waals surface area contributed by atoms with Crippen LogP contribution in [0.3, 0.4) is 0 Å². The predicted octanol–water partition coefficient (Wildman–Crippen LogP) is 2.47. The summed E-state index contributed by atoms with van der Waals surface area (Å²) in [4.78, 5) is 24.8. The topological polar surface area (TPSA) is 114 Å². The van der Waals surface area contributed by atoms with Gasteiger partial charge >= 0.3 is 6.36 Å². The summed E-state index contributed by atoms with van der Waals surface area (Å²) < 4.78 is 45.6. The maximum atomic E-state index is 13.2. The van der Waals surface area contributed by atoms with Gasteiger partial charge in [-0.2, -0.15) is 5.10 Å². The van der Waals surface area contributed by atoms with E-state index in [9.17, 15) is 18.0 Å². The second-order valence-electron chi connectivity index (χ2n) is 8.87. The van der Waals surface area contributed by atoms with Crippen LogP contribution in [-0.2, 0) is 19.9 Å². The summed E-state index contributed by atoms with van der Waals surface area (Å²) in [5, 5.41) is 7.09. The number of aromatic nitrogens is 4. The summed E-state index contributed by atoms with van der Waals surface area (Å²) in [6.07, 6.45) is -2.12. The number of nitrogens with zero attached hydrogens (tertiary/aromatic N) is 6. The molecule has 3 aromatic rings. The molecule has 36 heavy (non-hydrogen) atoms. The fourth-order valence-electron chi connectivity index (χ4n) is 4.62. The Morgan fingerprint density at radius 1 is 1.14 bits per heavy atom. The number of aryl methyl sites for hydroxylation is 2. The van der Waals surface area contributed by atoms with Crippen molar-refractivity contribution in [2.75, 3.05) is 43.4 Å². The lowest BCUT2D eigenvalue weighted by molar-refractivity contribution is -0.274. The van der Waals surface area contributed by atoms with Crippen molar-refractivity contribution in [3.05, 3.63) is 41.2 Å². The Morgan fingerprint density at radius 3 is 2.58 bits per heavy atom. The van der Waals surface area contributed by atoms with Crippen LogP contribution < -0.4 is 20.7 Å². The van der Waals surface area contributed by atoms with Gasteiger partial charge in [0.2, 0.25) is 5.95 Å². The van der Waals surface area contributed by atoms with Crippen molar-refractivity contribution < 1.29 is 22.7 Å². The molecule has 2 aliphatic rings. The molecule has 0 radical (unpaired) electrons. The van der Waals surface area contributed by atoms with Crippen molar-refractivity contribution in [1.82, 2.24) is 24.6 Å². The van der Waals surface area contributed by atoms with E-state index in [4.69, 9.17) is 5.73 Å². The first-order valence-corrected chi connectivity index (χ1v) is 11.4. The average molecular weight is 503 g/mol. The van der Waals surface area contributed by atoms with E-state index >= 15 is 0 Å². The number of nitrogens with one attached hydrogen (secondary N) is 1. The van der Waals surface area contributed by atoms with E-state index in [0.717, 1.165) is 18.7 Å². The molecule has 1 aromatic carbocycles. The molecule has 0 atom stereocenters. The standard InChI is InChI=1S/C23H25F3N8O2/c1-32-7-9-34(10-8-32)14-4-6-16(17(11-14)36-23(24,25)26)29-22-28-12-13-3-5-15-19(21(27)35)31-33(2)20(15)18(13)30-22/h4,6,11-12H,3,5,7-10H2,1-2H3,(H2,27,35)(H,28,29,30). The molecular formula is C23H25F3N8O2. The number of amides is 1. The van der Waals surface area contributed by atoms with Crippen LogP contribution in [0.1, 0.15) is 21.6 Å². The Hall–Kier alpha value is -3.87. The van der Waals surface area contributed by atoms with Gasteiger partial charge in [-0.15, -0.1) is 13.2 Å². The average Bonchev–Trinajstić information content (AvgIpc) is 3.17. The molecule has 3 N–H and O–H groups in total. The number of primary amides is 1. The normalized spacial score (nSPS) is 15.9. The summed E-state index contributed by atoms with van der Waals surface area (Å²) in [6, 6.07) is 4.64. The van der Waals surface area contributed by atoms with Crippen LogP contribution in [0.25, 0.3) is 11.4 Å². The number of fused-ring (bicyclic) bond motifs is 3. The number of benzene rings is 1. The molecule has 1 fully saturated rings. The van der Waals surface area contributed by atoms with Crippen molar-refractivity contribution in [3.8, 4) is 17.1 Å². The van der Waals surface area contributed by atoms with Crippen molar-refractivity contribution >= 4 is 23.2 Å². The van der Waals surface area contributed by atoms with Crippen LogP contribution in [0, 0.1) is 0 Å². The summed E-state index contributed by atoms with van der Waals surface area (Å²) >= 11 is 0. The van der Waals surface area contributed by atoms with Crippen LogP contribution in [0.2, 0.25) is 0 Å². The third-order valence-electron chi connectivity index (χ3n) is 6.42. The Morgan fingerprint density at radius 2 is 1.89 bits per heavy atom. The molecule has 10 nitrogen and oxygen atoms in total. The minimum Gasteiger partial charge on any atom is -0.403 e. The Labute approximate surface area is 204 Å². The number of carbonyl (C=O) groups excluding carboxylic acids is 1. The molecule has 190 valence electrons. The number of halogens is 3. The zero-order valence-corrected chi connectivity index (χ0v) is 19.8. The number of likely N-dealkylation sites (N-methyl/N-ethyl adjacent to an activating group) is 1. The highest BCUT2D eigenvalue weighted by molar-refractivity contribution is 5.94. The lowest BCUT2D eigenvalue weighted by Crippen LogP contribution is -2.44. The molecule has 2 aromatic heterocycles. The predicted molar refractivity (Wildman–Crippen MR) is 126 cm³/mol. The molecule has 0 saturated carbocycles. The van der Waals surface area contributed by atoms with Gasteiger partial charge in [-0.1, -0.05) is 0 Å². The number of hydrogen-bond donors (Lipinski definition) is 2. The lowest BCUT2D eigenvalue weighted by atomic mass is 9.93. The highest BCUT2D eigenvalue weighted by Crippen LogP contribution is 2.37. The summed E-state index contributed by atoms with van der Waals surface area (Å²) in [6.45, 7) is 3.02. The number of carbonyl (C=O) groups is 1. The second kappa shape index (κ2) is 8.97. The fourth-order valence-corrected chi connectivity index (χ4v) is 4.62. The zero-order chi connectivity index (χ0) is 25.6. The number of hydrogen-bond acceptors (Lipinski definition) is 8. The largest absolute Gasteiger partial charge is 0.573 e. The van der Waals surface area contributed by atoms with Crippen LogP contribution in [0.5, 0.6) is 5.75 Å². The van der Waals surface area contributed by atoms with Crippen LogP contribution in [-0.4, -0.2) is 70.1 Å². The molecular weight excluding hydrogens is 477 g/mol. The number of piperazine rings is 1. The number of ether oxygens (including phenoxy) is 1. The quantitative estimate of drug-likeness (QED) is 0.547. The fraction of sp³-hybridized carbons (Fsp3) is 0.391. The molecule has 0 unspecified atom stereocenters. The first-order chi connectivity index (χ1) is 17.1. The highest BCUT2D eigenvalue weighted by Gasteiger charge is 2.33. The van der Waals surface area contributed by atoms with Crippen LogP contribution in [0.4, 0.5) is 30.5 Å². The van der Waals surface area contributed by atoms with Crippen molar-refractivity contribution in [1.29, 1.82) is 0 Å². The zero-order valence-electron chi connectivity index (χ0n) is 19.8. The van der Waals surface area contributed by atoms with E-state index in [1.165, 1.54) is 16.8 Å². The van der Waals surface area contributed by atoms with Crippen molar-refractivity contribution in [3.63, 3.8) is 0 Å². The van der Waals surface area contributed by atoms with Gasteiger partial charge in [-0.3, -0.25) is 9.48 Å². The highest BCUT2D eigenvalue weighted by atomic mass is 19.4. The van der Waals surface area contributed by atoms with Gasteiger partial charge in [0, 0.05) is 56.7 Å².